The Hall–Kier alpha value is -1.22. The zero-order chi connectivity index (χ0) is 14.7. The molecule has 3 nitrogen and oxygen atoms in total. The van der Waals surface area contributed by atoms with E-state index in [2.05, 4.69) is 29.3 Å². The zero-order valence-corrected chi connectivity index (χ0v) is 13.5. The van der Waals surface area contributed by atoms with Crippen LogP contribution in [0.1, 0.15) is 38.2 Å². The number of benzene rings is 1. The second-order valence-electron chi connectivity index (χ2n) is 6.15. The molecule has 3 rings (SSSR count). The second-order valence-corrected chi connectivity index (χ2v) is 6.59. The third kappa shape index (κ3) is 3.34. The van der Waals surface area contributed by atoms with Gasteiger partial charge in [0.25, 0.3) is 0 Å². The van der Waals surface area contributed by atoms with Crippen molar-refractivity contribution in [1.29, 1.82) is 0 Å². The van der Waals surface area contributed by atoms with Crippen molar-refractivity contribution in [2.24, 2.45) is 4.99 Å². The molecule has 1 aliphatic heterocycles. The SMILES string of the molecule is CCNC(=NCC1(c2ccc(Cl)cc2)CC1)N1CCCC1. The third-order valence-electron chi connectivity index (χ3n) is 4.58. The van der Waals surface area contributed by atoms with Crippen LogP contribution in [0.25, 0.3) is 0 Å². The highest BCUT2D eigenvalue weighted by Crippen LogP contribution is 2.48. The summed E-state index contributed by atoms with van der Waals surface area (Å²) in [4.78, 5) is 7.32. The number of rotatable bonds is 4. The van der Waals surface area contributed by atoms with Crippen molar-refractivity contribution in [3.8, 4) is 0 Å². The van der Waals surface area contributed by atoms with Crippen molar-refractivity contribution >= 4 is 17.6 Å². The van der Waals surface area contributed by atoms with Crippen LogP contribution in [-0.4, -0.2) is 37.0 Å². The molecule has 0 radical (unpaired) electrons. The van der Waals surface area contributed by atoms with Crippen LogP contribution in [0.5, 0.6) is 0 Å². The Labute approximate surface area is 132 Å². The van der Waals surface area contributed by atoms with Gasteiger partial charge in [-0.3, -0.25) is 4.99 Å². The monoisotopic (exact) mass is 305 g/mol. The van der Waals surface area contributed by atoms with Gasteiger partial charge in [-0.15, -0.1) is 0 Å². The largest absolute Gasteiger partial charge is 0.357 e. The maximum Gasteiger partial charge on any atom is 0.193 e. The molecule has 1 aromatic rings. The summed E-state index contributed by atoms with van der Waals surface area (Å²) in [7, 11) is 0. The molecule has 1 heterocycles. The van der Waals surface area contributed by atoms with E-state index < -0.39 is 0 Å². The van der Waals surface area contributed by atoms with Gasteiger partial charge in [0.05, 0.1) is 6.54 Å². The molecule has 1 saturated heterocycles. The van der Waals surface area contributed by atoms with E-state index in [4.69, 9.17) is 16.6 Å². The smallest absolute Gasteiger partial charge is 0.193 e. The fourth-order valence-corrected chi connectivity index (χ4v) is 3.20. The Kier molecular flexibility index (Phi) is 4.39. The van der Waals surface area contributed by atoms with Gasteiger partial charge < -0.3 is 10.2 Å². The van der Waals surface area contributed by atoms with E-state index in [9.17, 15) is 0 Å². The minimum atomic E-state index is 0.255. The van der Waals surface area contributed by atoms with Crippen molar-refractivity contribution in [2.75, 3.05) is 26.2 Å². The Balaban J connectivity index is 1.71. The Morgan fingerprint density at radius 2 is 1.90 bits per heavy atom. The molecule has 0 bridgehead atoms. The van der Waals surface area contributed by atoms with Crippen LogP contribution >= 0.6 is 11.6 Å². The molecule has 4 heteroatoms. The molecule has 0 unspecified atom stereocenters. The average molecular weight is 306 g/mol. The number of likely N-dealkylation sites (tertiary alicyclic amines) is 1. The summed E-state index contributed by atoms with van der Waals surface area (Å²) < 4.78 is 0. The second kappa shape index (κ2) is 6.27. The van der Waals surface area contributed by atoms with Crippen molar-refractivity contribution < 1.29 is 0 Å². The molecule has 0 amide bonds. The van der Waals surface area contributed by atoms with Crippen LogP contribution in [-0.2, 0) is 5.41 Å². The zero-order valence-electron chi connectivity index (χ0n) is 12.7. The first-order valence-electron chi connectivity index (χ1n) is 8.03. The van der Waals surface area contributed by atoms with Gasteiger partial charge in [0.2, 0.25) is 0 Å². The number of aliphatic imine (C=N–C) groups is 1. The van der Waals surface area contributed by atoms with Crippen molar-refractivity contribution in [3.63, 3.8) is 0 Å². The van der Waals surface area contributed by atoms with E-state index in [0.29, 0.717) is 0 Å². The third-order valence-corrected chi connectivity index (χ3v) is 4.83. The van der Waals surface area contributed by atoms with Gasteiger partial charge in [-0.2, -0.15) is 0 Å². The van der Waals surface area contributed by atoms with Gasteiger partial charge in [-0.1, -0.05) is 23.7 Å². The molecule has 0 atom stereocenters. The van der Waals surface area contributed by atoms with Gasteiger partial charge in [0.1, 0.15) is 0 Å². The number of guanidine groups is 1. The van der Waals surface area contributed by atoms with E-state index in [1.54, 1.807) is 0 Å². The number of hydrogen-bond acceptors (Lipinski definition) is 1. The topological polar surface area (TPSA) is 27.6 Å². The standard InChI is InChI=1S/C17H24ClN3/c1-2-19-16(21-11-3-4-12-21)20-13-17(9-10-17)14-5-7-15(18)8-6-14/h5-8H,2-4,9-13H2,1H3,(H,19,20). The number of hydrogen-bond donors (Lipinski definition) is 1. The fraction of sp³-hybridized carbons (Fsp3) is 0.588. The van der Waals surface area contributed by atoms with Gasteiger partial charge in [-0.05, 0) is 50.3 Å². The Bertz CT molecular complexity index is 499. The van der Waals surface area contributed by atoms with E-state index in [0.717, 1.165) is 37.2 Å². The molecule has 114 valence electrons. The molecule has 1 saturated carbocycles. The summed E-state index contributed by atoms with van der Waals surface area (Å²) >= 11 is 5.99. The fourth-order valence-electron chi connectivity index (χ4n) is 3.07. The highest BCUT2D eigenvalue weighted by atomic mass is 35.5. The van der Waals surface area contributed by atoms with Crippen LogP contribution in [0.15, 0.2) is 29.3 Å². The Morgan fingerprint density at radius 3 is 2.48 bits per heavy atom. The number of nitrogens with one attached hydrogen (secondary N) is 1. The predicted molar refractivity (Wildman–Crippen MR) is 89.1 cm³/mol. The molecule has 2 aliphatic rings. The van der Waals surface area contributed by atoms with Crippen molar-refractivity contribution in [2.45, 2.75) is 38.0 Å². The lowest BCUT2D eigenvalue weighted by molar-refractivity contribution is 0.491. The molecule has 0 aromatic heterocycles. The summed E-state index contributed by atoms with van der Waals surface area (Å²) in [5.41, 5.74) is 1.64. The van der Waals surface area contributed by atoms with Crippen LogP contribution in [0, 0.1) is 0 Å². The van der Waals surface area contributed by atoms with E-state index in [1.807, 2.05) is 12.1 Å². The minimum Gasteiger partial charge on any atom is -0.357 e. The van der Waals surface area contributed by atoms with E-state index in [-0.39, 0.29) is 5.41 Å². The van der Waals surface area contributed by atoms with Crippen LogP contribution < -0.4 is 5.32 Å². The number of nitrogens with zero attached hydrogens (tertiary/aromatic N) is 2. The first-order chi connectivity index (χ1) is 10.2. The Morgan fingerprint density at radius 1 is 1.24 bits per heavy atom. The maximum atomic E-state index is 5.99. The van der Waals surface area contributed by atoms with Gasteiger partial charge in [0, 0.05) is 30.1 Å². The van der Waals surface area contributed by atoms with Gasteiger partial charge in [-0.25, -0.2) is 0 Å². The molecular formula is C17H24ClN3. The van der Waals surface area contributed by atoms with E-state index in [1.165, 1.54) is 31.2 Å². The van der Waals surface area contributed by atoms with Crippen LogP contribution in [0.2, 0.25) is 5.02 Å². The average Bonchev–Trinajstić information content (AvgIpc) is 3.08. The molecule has 1 aliphatic carbocycles. The van der Waals surface area contributed by atoms with Gasteiger partial charge >= 0.3 is 0 Å². The highest BCUT2D eigenvalue weighted by molar-refractivity contribution is 6.30. The first-order valence-corrected chi connectivity index (χ1v) is 8.41. The lowest BCUT2D eigenvalue weighted by Crippen LogP contribution is -2.40. The summed E-state index contributed by atoms with van der Waals surface area (Å²) in [5.74, 6) is 1.09. The molecule has 0 spiro atoms. The van der Waals surface area contributed by atoms with Crippen molar-refractivity contribution in [1.82, 2.24) is 10.2 Å². The molecule has 1 aromatic carbocycles. The van der Waals surface area contributed by atoms with E-state index >= 15 is 0 Å². The lowest BCUT2D eigenvalue weighted by Gasteiger charge is -2.22. The lowest BCUT2D eigenvalue weighted by atomic mass is 9.96. The molecule has 21 heavy (non-hydrogen) atoms. The summed E-state index contributed by atoms with van der Waals surface area (Å²) in [6, 6.07) is 8.31. The summed E-state index contributed by atoms with van der Waals surface area (Å²) in [5, 5.41) is 4.25. The number of halogens is 1. The normalized spacial score (nSPS) is 20.7. The van der Waals surface area contributed by atoms with Gasteiger partial charge in [0.15, 0.2) is 5.96 Å². The van der Waals surface area contributed by atoms with Crippen LogP contribution in [0.4, 0.5) is 0 Å². The summed E-state index contributed by atoms with van der Waals surface area (Å²) in [6.07, 6.45) is 5.04. The molecular weight excluding hydrogens is 282 g/mol. The highest BCUT2D eigenvalue weighted by Gasteiger charge is 2.44. The van der Waals surface area contributed by atoms with Crippen molar-refractivity contribution in [3.05, 3.63) is 34.9 Å². The minimum absolute atomic E-state index is 0.255. The van der Waals surface area contributed by atoms with Crippen LogP contribution in [0.3, 0.4) is 0 Å². The molecule has 2 fully saturated rings. The maximum absolute atomic E-state index is 5.99. The quantitative estimate of drug-likeness (QED) is 0.682. The summed E-state index contributed by atoms with van der Waals surface area (Å²) in [6.45, 7) is 6.23. The first kappa shape index (κ1) is 14.7. The predicted octanol–water partition coefficient (Wildman–Crippen LogP) is 3.43. The molecule has 1 N–H and O–H groups in total.